The molecule has 6 heteroatoms. The lowest BCUT2D eigenvalue weighted by Gasteiger charge is -2.14. The predicted octanol–water partition coefficient (Wildman–Crippen LogP) is 3.55. The van der Waals surface area contributed by atoms with Crippen LogP contribution in [0.15, 0.2) is 47.4 Å². The Labute approximate surface area is 146 Å². The van der Waals surface area contributed by atoms with Crippen LogP contribution in [0.25, 0.3) is 0 Å². The summed E-state index contributed by atoms with van der Waals surface area (Å²) >= 11 is 6.00. The number of amides is 1. The molecular weight excluding hydrogens is 346 g/mol. The minimum absolute atomic E-state index is 0.0381. The van der Waals surface area contributed by atoms with Gasteiger partial charge in [0.2, 0.25) is 0 Å². The van der Waals surface area contributed by atoms with Gasteiger partial charge < -0.3 is 5.32 Å². The summed E-state index contributed by atoms with van der Waals surface area (Å²) in [5.41, 5.74) is 2.71. The molecule has 1 aliphatic carbocycles. The molecule has 0 heterocycles. The normalized spacial score (nSPS) is 16.7. The highest BCUT2D eigenvalue weighted by Crippen LogP contribution is 2.33. The van der Waals surface area contributed by atoms with Gasteiger partial charge in [-0.1, -0.05) is 24.6 Å². The lowest BCUT2D eigenvalue weighted by molar-refractivity contribution is 0.0936. The maximum Gasteiger partial charge on any atom is 0.251 e. The van der Waals surface area contributed by atoms with Gasteiger partial charge in [0.25, 0.3) is 5.91 Å². The van der Waals surface area contributed by atoms with Crippen molar-refractivity contribution in [1.82, 2.24) is 5.32 Å². The Hall–Kier alpha value is -1.85. The third-order valence-corrected chi connectivity index (χ3v) is 6.33. The molecule has 3 rings (SSSR count). The van der Waals surface area contributed by atoms with E-state index in [2.05, 4.69) is 5.32 Å². The number of carbonyl (C=O) groups is 1. The average Bonchev–Trinajstić information content (AvgIpc) is 2.96. The molecule has 1 N–H and O–H groups in total. The summed E-state index contributed by atoms with van der Waals surface area (Å²) in [7, 11) is -3.25. The molecule has 0 aliphatic heterocycles. The van der Waals surface area contributed by atoms with Crippen molar-refractivity contribution >= 4 is 27.3 Å². The molecule has 2 aromatic carbocycles. The van der Waals surface area contributed by atoms with E-state index >= 15 is 0 Å². The van der Waals surface area contributed by atoms with E-state index in [1.54, 1.807) is 19.1 Å². The first-order valence-electron chi connectivity index (χ1n) is 7.82. The minimum atomic E-state index is -3.25. The molecule has 126 valence electrons. The van der Waals surface area contributed by atoms with Crippen LogP contribution < -0.4 is 5.32 Å². The molecule has 0 saturated carbocycles. The highest BCUT2D eigenvalue weighted by atomic mass is 35.5. The van der Waals surface area contributed by atoms with E-state index in [0.29, 0.717) is 10.6 Å². The second-order valence-corrected chi connectivity index (χ2v) is 8.55. The van der Waals surface area contributed by atoms with Crippen LogP contribution in [0, 0.1) is 0 Å². The van der Waals surface area contributed by atoms with Crippen LogP contribution in [0.2, 0.25) is 5.02 Å². The maximum atomic E-state index is 12.4. The monoisotopic (exact) mass is 363 g/mol. The first kappa shape index (κ1) is 17.0. The number of sulfone groups is 1. The molecule has 0 radical (unpaired) electrons. The standard InChI is InChI=1S/C18H18ClNO3S/c1-2-24(22,23)15-7-3-12(4-8-15)18(21)20-17-10-5-13-11-14(19)6-9-16(13)17/h3-4,6-9,11,17H,2,5,10H2,1H3,(H,20,21). The first-order valence-corrected chi connectivity index (χ1v) is 9.86. The van der Waals surface area contributed by atoms with Crippen LogP contribution >= 0.6 is 11.6 Å². The molecular formula is C18H18ClNO3S. The molecule has 1 aliphatic rings. The summed E-state index contributed by atoms with van der Waals surface area (Å²) < 4.78 is 23.6. The summed E-state index contributed by atoms with van der Waals surface area (Å²) in [5, 5.41) is 3.71. The van der Waals surface area contributed by atoms with Crippen molar-refractivity contribution in [3.05, 3.63) is 64.2 Å². The van der Waals surface area contributed by atoms with Crippen LogP contribution in [0.3, 0.4) is 0 Å². The zero-order chi connectivity index (χ0) is 17.3. The molecule has 0 spiro atoms. The Morgan fingerprint density at radius 1 is 1.21 bits per heavy atom. The number of rotatable bonds is 4. The molecule has 1 atom stereocenters. The van der Waals surface area contributed by atoms with E-state index < -0.39 is 9.84 Å². The topological polar surface area (TPSA) is 63.2 Å². The highest BCUT2D eigenvalue weighted by Gasteiger charge is 2.24. The van der Waals surface area contributed by atoms with Gasteiger partial charge in [-0.3, -0.25) is 4.79 Å². The number of hydrogen-bond donors (Lipinski definition) is 1. The average molecular weight is 364 g/mol. The number of nitrogens with one attached hydrogen (secondary N) is 1. The van der Waals surface area contributed by atoms with Gasteiger partial charge in [-0.15, -0.1) is 0 Å². The zero-order valence-corrected chi connectivity index (χ0v) is 14.8. The van der Waals surface area contributed by atoms with Crippen molar-refractivity contribution in [2.24, 2.45) is 0 Å². The van der Waals surface area contributed by atoms with Crippen molar-refractivity contribution in [2.75, 3.05) is 5.75 Å². The summed E-state index contributed by atoms with van der Waals surface area (Å²) in [5.74, 6) is -0.164. The third kappa shape index (κ3) is 3.32. The van der Waals surface area contributed by atoms with Crippen LogP contribution in [-0.4, -0.2) is 20.1 Å². The smallest absolute Gasteiger partial charge is 0.251 e. The Bertz CT molecular complexity index is 876. The molecule has 24 heavy (non-hydrogen) atoms. The number of aryl methyl sites for hydroxylation is 1. The van der Waals surface area contributed by atoms with Crippen LogP contribution in [0.4, 0.5) is 0 Å². The fourth-order valence-electron chi connectivity index (χ4n) is 2.96. The van der Waals surface area contributed by atoms with Gasteiger partial charge in [0.05, 0.1) is 16.7 Å². The molecule has 2 aromatic rings. The minimum Gasteiger partial charge on any atom is -0.345 e. The maximum absolute atomic E-state index is 12.4. The van der Waals surface area contributed by atoms with Crippen molar-refractivity contribution in [3.63, 3.8) is 0 Å². The van der Waals surface area contributed by atoms with Gasteiger partial charge in [0, 0.05) is 10.6 Å². The first-order chi connectivity index (χ1) is 11.4. The second kappa shape index (κ2) is 6.57. The largest absolute Gasteiger partial charge is 0.345 e. The van der Waals surface area contributed by atoms with E-state index in [1.165, 1.54) is 12.1 Å². The third-order valence-electron chi connectivity index (χ3n) is 4.34. The zero-order valence-electron chi connectivity index (χ0n) is 13.3. The van der Waals surface area contributed by atoms with E-state index in [-0.39, 0.29) is 22.6 Å². The van der Waals surface area contributed by atoms with Gasteiger partial charge in [0.1, 0.15) is 0 Å². The SMILES string of the molecule is CCS(=O)(=O)c1ccc(C(=O)NC2CCc3cc(Cl)ccc32)cc1. The van der Waals surface area contributed by atoms with Crippen molar-refractivity contribution in [3.8, 4) is 0 Å². The highest BCUT2D eigenvalue weighted by molar-refractivity contribution is 7.91. The number of carbonyl (C=O) groups excluding carboxylic acids is 1. The molecule has 0 saturated heterocycles. The van der Waals surface area contributed by atoms with E-state index in [1.807, 2.05) is 18.2 Å². The Balaban J connectivity index is 1.75. The Morgan fingerprint density at radius 3 is 2.58 bits per heavy atom. The summed E-state index contributed by atoms with van der Waals surface area (Å²) in [6.07, 6.45) is 1.72. The van der Waals surface area contributed by atoms with Crippen molar-refractivity contribution in [1.29, 1.82) is 0 Å². The summed E-state index contributed by atoms with van der Waals surface area (Å²) in [6.45, 7) is 1.60. The lowest BCUT2D eigenvalue weighted by atomic mass is 10.1. The predicted molar refractivity (Wildman–Crippen MR) is 94.1 cm³/mol. The van der Waals surface area contributed by atoms with E-state index in [4.69, 9.17) is 11.6 Å². The molecule has 4 nitrogen and oxygen atoms in total. The molecule has 0 bridgehead atoms. The van der Waals surface area contributed by atoms with Crippen molar-refractivity contribution < 1.29 is 13.2 Å². The molecule has 0 aromatic heterocycles. The van der Waals surface area contributed by atoms with Gasteiger partial charge in [-0.25, -0.2) is 8.42 Å². The van der Waals surface area contributed by atoms with E-state index in [0.717, 1.165) is 24.0 Å². The fraction of sp³-hybridized carbons (Fsp3) is 0.278. The number of benzene rings is 2. The number of halogens is 1. The quantitative estimate of drug-likeness (QED) is 0.903. The summed E-state index contributed by atoms with van der Waals surface area (Å²) in [4.78, 5) is 12.7. The van der Waals surface area contributed by atoms with Gasteiger partial charge in [-0.05, 0) is 60.4 Å². The van der Waals surface area contributed by atoms with Crippen LogP contribution in [0.1, 0.15) is 40.9 Å². The Kier molecular flexibility index (Phi) is 4.65. The van der Waals surface area contributed by atoms with E-state index in [9.17, 15) is 13.2 Å². The van der Waals surface area contributed by atoms with Gasteiger partial charge in [-0.2, -0.15) is 0 Å². The van der Waals surface area contributed by atoms with Crippen LogP contribution in [-0.2, 0) is 16.3 Å². The molecule has 1 amide bonds. The fourth-order valence-corrected chi connectivity index (χ4v) is 4.04. The molecule has 1 unspecified atom stereocenters. The summed E-state index contributed by atoms with van der Waals surface area (Å²) in [6, 6.07) is 11.7. The number of fused-ring (bicyclic) bond motifs is 1. The lowest BCUT2D eigenvalue weighted by Crippen LogP contribution is -2.27. The van der Waals surface area contributed by atoms with Gasteiger partial charge in [0.15, 0.2) is 9.84 Å². The number of hydrogen-bond acceptors (Lipinski definition) is 3. The molecule has 0 fully saturated rings. The van der Waals surface area contributed by atoms with Crippen molar-refractivity contribution in [2.45, 2.75) is 30.7 Å². The van der Waals surface area contributed by atoms with Crippen LogP contribution in [0.5, 0.6) is 0 Å². The Morgan fingerprint density at radius 2 is 1.92 bits per heavy atom. The van der Waals surface area contributed by atoms with Gasteiger partial charge >= 0.3 is 0 Å². The second-order valence-electron chi connectivity index (χ2n) is 5.84.